The third kappa shape index (κ3) is 3.47. The molecule has 2 aromatic heterocycles. The lowest BCUT2D eigenvalue weighted by molar-refractivity contribution is 0.526. The Morgan fingerprint density at radius 2 is 2.10 bits per heavy atom. The van der Waals surface area contributed by atoms with Crippen LogP contribution in [0.25, 0.3) is 0 Å². The van der Waals surface area contributed by atoms with E-state index in [1.165, 1.54) is 11.8 Å². The molecular weight excluding hydrogens is 296 g/mol. The van der Waals surface area contributed by atoms with Crippen LogP contribution in [0.2, 0.25) is 5.15 Å². The van der Waals surface area contributed by atoms with Crippen LogP contribution in [-0.4, -0.2) is 24.7 Å². The number of nitrogens with two attached hydrogens (primary N) is 1. The quantitative estimate of drug-likeness (QED) is 0.674. The van der Waals surface area contributed by atoms with Crippen LogP contribution in [0.4, 0.5) is 0 Å². The van der Waals surface area contributed by atoms with E-state index in [1.807, 2.05) is 11.5 Å². The van der Waals surface area contributed by atoms with Crippen LogP contribution >= 0.6 is 23.4 Å². The molecule has 0 spiro atoms. The highest BCUT2D eigenvalue weighted by molar-refractivity contribution is 7.98. The average molecular weight is 313 g/mol. The number of aromatic nitrogens is 5. The van der Waals surface area contributed by atoms with Gasteiger partial charge in [0, 0.05) is 11.7 Å². The largest absolute Gasteiger partial charge is 0.324 e. The van der Waals surface area contributed by atoms with Gasteiger partial charge in [0.15, 0.2) is 5.16 Å². The van der Waals surface area contributed by atoms with E-state index in [9.17, 15) is 0 Å². The van der Waals surface area contributed by atoms with Crippen molar-refractivity contribution >= 4 is 23.4 Å². The molecule has 8 heteroatoms. The first-order valence-corrected chi connectivity index (χ1v) is 7.64. The van der Waals surface area contributed by atoms with Crippen molar-refractivity contribution in [2.45, 2.75) is 44.3 Å². The second-order valence-electron chi connectivity index (χ2n) is 4.60. The molecule has 0 aliphatic rings. The minimum atomic E-state index is 0.257. The minimum Gasteiger partial charge on any atom is -0.324 e. The third-order valence-electron chi connectivity index (χ3n) is 2.63. The fourth-order valence-corrected chi connectivity index (χ4v) is 3.04. The first-order valence-electron chi connectivity index (χ1n) is 6.28. The van der Waals surface area contributed by atoms with Crippen molar-refractivity contribution in [1.29, 1.82) is 0 Å². The predicted molar refractivity (Wildman–Crippen MR) is 79.6 cm³/mol. The number of hydrogen-bond acceptors (Lipinski definition) is 6. The summed E-state index contributed by atoms with van der Waals surface area (Å²) in [6.45, 7) is 6.42. The number of nitrogens with zero attached hydrogens (tertiary/aromatic N) is 5. The second kappa shape index (κ2) is 6.51. The highest BCUT2D eigenvalue weighted by atomic mass is 35.5. The van der Waals surface area contributed by atoms with Crippen LogP contribution in [0.3, 0.4) is 0 Å². The Bertz CT molecular complexity index is 577. The fraction of sp³-hybridized carbons (Fsp3) is 0.500. The van der Waals surface area contributed by atoms with E-state index >= 15 is 0 Å². The monoisotopic (exact) mass is 312 g/mol. The van der Waals surface area contributed by atoms with Crippen molar-refractivity contribution in [2.75, 3.05) is 0 Å². The SMILES string of the molecule is Cc1cc(Cl)nc(CSc2nnc(CN)n2C(C)C)n1. The van der Waals surface area contributed by atoms with Crippen molar-refractivity contribution in [3.05, 3.63) is 28.6 Å². The number of aryl methyl sites for hydroxylation is 1. The first kappa shape index (κ1) is 15.2. The van der Waals surface area contributed by atoms with Crippen molar-refractivity contribution in [2.24, 2.45) is 5.73 Å². The van der Waals surface area contributed by atoms with Crippen LogP contribution in [0.15, 0.2) is 11.2 Å². The normalized spacial score (nSPS) is 11.3. The van der Waals surface area contributed by atoms with Crippen LogP contribution < -0.4 is 5.73 Å². The average Bonchev–Trinajstić information content (AvgIpc) is 2.78. The molecule has 20 heavy (non-hydrogen) atoms. The van der Waals surface area contributed by atoms with Gasteiger partial charge in [-0.25, -0.2) is 9.97 Å². The van der Waals surface area contributed by atoms with Gasteiger partial charge in [0.2, 0.25) is 0 Å². The van der Waals surface area contributed by atoms with Gasteiger partial charge in [0.1, 0.15) is 16.8 Å². The van der Waals surface area contributed by atoms with Gasteiger partial charge in [-0.3, -0.25) is 0 Å². The van der Waals surface area contributed by atoms with Gasteiger partial charge < -0.3 is 10.3 Å². The van der Waals surface area contributed by atoms with Crippen molar-refractivity contribution in [3.8, 4) is 0 Å². The molecular formula is C12H17ClN6S. The second-order valence-corrected chi connectivity index (χ2v) is 5.93. The third-order valence-corrected chi connectivity index (χ3v) is 3.77. The molecule has 0 unspecified atom stereocenters. The number of halogens is 1. The van der Waals surface area contributed by atoms with Crippen molar-refractivity contribution < 1.29 is 0 Å². The van der Waals surface area contributed by atoms with E-state index in [-0.39, 0.29) is 6.04 Å². The molecule has 0 atom stereocenters. The Labute approximate surface area is 127 Å². The Kier molecular flexibility index (Phi) is 4.95. The highest BCUT2D eigenvalue weighted by Gasteiger charge is 2.14. The summed E-state index contributed by atoms with van der Waals surface area (Å²) < 4.78 is 2.03. The fourth-order valence-electron chi connectivity index (χ4n) is 1.85. The zero-order chi connectivity index (χ0) is 14.7. The first-order chi connectivity index (χ1) is 9.51. The molecule has 0 saturated carbocycles. The van der Waals surface area contributed by atoms with Gasteiger partial charge >= 0.3 is 0 Å². The summed E-state index contributed by atoms with van der Waals surface area (Å²) in [5, 5.41) is 9.56. The molecule has 6 nitrogen and oxygen atoms in total. The van der Waals surface area contributed by atoms with Gasteiger partial charge in [-0.2, -0.15) is 0 Å². The summed E-state index contributed by atoms with van der Waals surface area (Å²) in [6, 6.07) is 1.99. The summed E-state index contributed by atoms with van der Waals surface area (Å²) in [5.74, 6) is 2.06. The maximum atomic E-state index is 5.93. The molecule has 0 saturated heterocycles. The van der Waals surface area contributed by atoms with E-state index in [4.69, 9.17) is 17.3 Å². The van der Waals surface area contributed by atoms with Crippen LogP contribution in [0, 0.1) is 6.92 Å². The van der Waals surface area contributed by atoms with Gasteiger partial charge in [0.05, 0.1) is 12.3 Å². The maximum absolute atomic E-state index is 5.93. The number of hydrogen-bond donors (Lipinski definition) is 1. The molecule has 0 bridgehead atoms. The molecule has 2 N–H and O–H groups in total. The van der Waals surface area contributed by atoms with Crippen LogP contribution in [0.5, 0.6) is 0 Å². The standard InChI is InChI=1S/C12H17ClN6S/c1-7(2)19-11(5-14)17-18-12(19)20-6-10-15-8(3)4-9(13)16-10/h4,7H,5-6,14H2,1-3H3. The minimum absolute atomic E-state index is 0.257. The van der Waals surface area contributed by atoms with Gasteiger partial charge in [-0.15, -0.1) is 10.2 Å². The van der Waals surface area contributed by atoms with Crippen molar-refractivity contribution in [3.63, 3.8) is 0 Å². The lowest BCUT2D eigenvalue weighted by Gasteiger charge is -2.12. The summed E-state index contributed by atoms with van der Waals surface area (Å²) >= 11 is 7.46. The number of rotatable bonds is 5. The van der Waals surface area contributed by atoms with Crippen molar-refractivity contribution in [1.82, 2.24) is 24.7 Å². The Morgan fingerprint density at radius 3 is 2.70 bits per heavy atom. The molecule has 0 aromatic carbocycles. The Hall–Kier alpha value is -1.18. The number of thioether (sulfide) groups is 1. The smallest absolute Gasteiger partial charge is 0.191 e. The zero-order valence-corrected chi connectivity index (χ0v) is 13.2. The van der Waals surface area contributed by atoms with Crippen LogP contribution in [-0.2, 0) is 12.3 Å². The highest BCUT2D eigenvalue weighted by Crippen LogP contribution is 2.24. The van der Waals surface area contributed by atoms with Gasteiger partial charge in [0.25, 0.3) is 0 Å². The molecule has 108 valence electrons. The molecule has 0 aliphatic heterocycles. The van der Waals surface area contributed by atoms with E-state index in [0.29, 0.717) is 23.3 Å². The molecule has 2 heterocycles. The Balaban J connectivity index is 2.16. The summed E-state index contributed by atoms with van der Waals surface area (Å²) in [4.78, 5) is 8.55. The molecule has 2 aromatic rings. The van der Waals surface area contributed by atoms with E-state index in [0.717, 1.165) is 16.7 Å². The molecule has 0 fully saturated rings. The van der Waals surface area contributed by atoms with Gasteiger partial charge in [-0.05, 0) is 26.8 Å². The summed E-state index contributed by atoms with van der Waals surface area (Å²) in [6.07, 6.45) is 0. The molecule has 0 aliphatic carbocycles. The van der Waals surface area contributed by atoms with E-state index in [1.54, 1.807) is 6.07 Å². The van der Waals surface area contributed by atoms with Gasteiger partial charge in [-0.1, -0.05) is 23.4 Å². The topological polar surface area (TPSA) is 82.5 Å². The van der Waals surface area contributed by atoms with Crippen LogP contribution in [0.1, 0.15) is 37.2 Å². The Morgan fingerprint density at radius 1 is 1.35 bits per heavy atom. The zero-order valence-electron chi connectivity index (χ0n) is 11.7. The lowest BCUT2D eigenvalue weighted by Crippen LogP contribution is -2.11. The maximum Gasteiger partial charge on any atom is 0.191 e. The summed E-state index contributed by atoms with van der Waals surface area (Å²) in [7, 11) is 0. The predicted octanol–water partition coefficient (Wildman–Crippen LogP) is 2.36. The van der Waals surface area contributed by atoms with E-state index in [2.05, 4.69) is 34.0 Å². The summed E-state index contributed by atoms with van der Waals surface area (Å²) in [5.41, 5.74) is 6.53. The molecule has 0 amide bonds. The molecule has 0 radical (unpaired) electrons. The van der Waals surface area contributed by atoms with E-state index < -0.39 is 0 Å². The lowest BCUT2D eigenvalue weighted by atomic mass is 10.4. The molecule has 2 rings (SSSR count).